The average Bonchev–Trinajstić information content (AvgIpc) is 2.76. The van der Waals surface area contributed by atoms with Gasteiger partial charge < -0.3 is 33.2 Å². The summed E-state index contributed by atoms with van der Waals surface area (Å²) in [6.45, 7) is 11.0. The van der Waals surface area contributed by atoms with Crippen molar-refractivity contribution in [3.8, 4) is 11.5 Å². The Balaban J connectivity index is 2.58. The molecule has 5 atom stereocenters. The number of hydrogen-bond acceptors (Lipinski definition) is 12. The summed E-state index contributed by atoms with van der Waals surface area (Å²) >= 11 is 0. The van der Waals surface area contributed by atoms with E-state index in [4.69, 9.17) is 33.2 Å². The van der Waals surface area contributed by atoms with E-state index in [9.17, 15) is 24.0 Å². The number of aryl methyl sites for hydroxylation is 1. The van der Waals surface area contributed by atoms with Crippen LogP contribution in [0.15, 0.2) is 12.1 Å². The van der Waals surface area contributed by atoms with Gasteiger partial charge in [0.2, 0.25) is 12.4 Å². The molecule has 38 heavy (non-hydrogen) atoms. The molecule has 5 unspecified atom stereocenters. The summed E-state index contributed by atoms with van der Waals surface area (Å²) in [5, 5.41) is 0. The fourth-order valence-corrected chi connectivity index (χ4v) is 3.91. The first kappa shape index (κ1) is 30.6. The van der Waals surface area contributed by atoms with E-state index in [2.05, 4.69) is 0 Å². The summed E-state index contributed by atoms with van der Waals surface area (Å²) in [6.07, 6.45) is -6.55. The highest BCUT2D eigenvalue weighted by Crippen LogP contribution is 2.36. The lowest BCUT2D eigenvalue weighted by Gasteiger charge is -2.44. The first-order chi connectivity index (χ1) is 17.7. The highest BCUT2D eigenvalue weighted by atomic mass is 16.7. The number of rotatable bonds is 9. The molecule has 12 heteroatoms. The number of hydrogen-bond donors (Lipinski definition) is 0. The molecule has 1 aliphatic rings. The molecule has 0 amide bonds. The van der Waals surface area contributed by atoms with Crippen LogP contribution in [0.25, 0.3) is 0 Å². The fourth-order valence-electron chi connectivity index (χ4n) is 3.91. The third kappa shape index (κ3) is 8.44. The Labute approximate surface area is 220 Å². The lowest BCUT2D eigenvalue weighted by molar-refractivity contribution is -0.288. The molecule has 0 spiro atoms. The predicted octanol–water partition coefficient (Wildman–Crippen LogP) is 2.51. The predicted molar refractivity (Wildman–Crippen MR) is 129 cm³/mol. The van der Waals surface area contributed by atoms with Crippen LogP contribution in [-0.2, 0) is 47.7 Å². The molecule has 0 saturated carbocycles. The molecule has 1 aliphatic heterocycles. The quantitative estimate of drug-likeness (QED) is 0.258. The largest absolute Gasteiger partial charge is 0.463 e. The number of carbonyl (C=O) groups excluding carboxylic acids is 5. The van der Waals surface area contributed by atoms with Gasteiger partial charge in [0.15, 0.2) is 12.2 Å². The molecule has 1 aromatic carbocycles. The second-order valence-corrected chi connectivity index (χ2v) is 9.09. The van der Waals surface area contributed by atoms with E-state index < -0.39 is 60.6 Å². The molecule has 1 saturated heterocycles. The maximum Gasteiger partial charge on any atom is 0.308 e. The number of carbonyl (C=O) groups is 5. The van der Waals surface area contributed by atoms with Crippen LogP contribution in [0.4, 0.5) is 0 Å². The van der Waals surface area contributed by atoms with E-state index in [1.54, 1.807) is 19.1 Å². The van der Waals surface area contributed by atoms with Gasteiger partial charge in [-0.05, 0) is 30.5 Å². The van der Waals surface area contributed by atoms with Crippen molar-refractivity contribution < 1.29 is 57.1 Å². The lowest BCUT2D eigenvalue weighted by Crippen LogP contribution is -2.63. The molecule has 0 N–H and O–H groups in total. The standard InChI is InChI=1S/C26H34O12/c1-12(2)19-10-20(13(3)9-21(19)33-15(5)28)37-26-25(36-18(8)31)24(35-17(7)30)23(34-16(6)29)22(38-26)11-32-14(4)27/h9-10,12,22-26H,11H2,1-8H3. The van der Waals surface area contributed by atoms with E-state index >= 15 is 0 Å². The molecular weight excluding hydrogens is 504 g/mol. The highest BCUT2D eigenvalue weighted by molar-refractivity contribution is 5.70. The van der Waals surface area contributed by atoms with Gasteiger partial charge in [0, 0.05) is 40.2 Å². The van der Waals surface area contributed by atoms with Gasteiger partial charge in [0.1, 0.15) is 24.2 Å². The molecule has 210 valence electrons. The third-order valence-electron chi connectivity index (χ3n) is 5.37. The minimum Gasteiger partial charge on any atom is -0.463 e. The van der Waals surface area contributed by atoms with Crippen molar-refractivity contribution in [3.63, 3.8) is 0 Å². The highest BCUT2D eigenvalue weighted by Gasteiger charge is 2.53. The zero-order chi connectivity index (χ0) is 28.7. The van der Waals surface area contributed by atoms with Crippen LogP contribution in [0.1, 0.15) is 65.5 Å². The van der Waals surface area contributed by atoms with Crippen LogP contribution in [0.3, 0.4) is 0 Å². The Bertz CT molecular complexity index is 1060. The number of ether oxygens (including phenoxy) is 7. The Kier molecular flexibility index (Phi) is 10.6. The summed E-state index contributed by atoms with van der Waals surface area (Å²) in [5.74, 6) is -2.75. The Morgan fingerprint density at radius 2 is 1.32 bits per heavy atom. The fraction of sp³-hybridized carbons (Fsp3) is 0.577. The molecule has 0 radical (unpaired) electrons. The van der Waals surface area contributed by atoms with Gasteiger partial charge in [-0.25, -0.2) is 0 Å². The summed E-state index contributed by atoms with van der Waals surface area (Å²) in [4.78, 5) is 59.0. The summed E-state index contributed by atoms with van der Waals surface area (Å²) in [5.41, 5.74) is 1.21. The van der Waals surface area contributed by atoms with Crippen LogP contribution in [0, 0.1) is 6.92 Å². The van der Waals surface area contributed by atoms with Crippen LogP contribution >= 0.6 is 0 Å². The van der Waals surface area contributed by atoms with Gasteiger partial charge in [-0.15, -0.1) is 0 Å². The van der Waals surface area contributed by atoms with Crippen molar-refractivity contribution in [1.29, 1.82) is 0 Å². The van der Waals surface area contributed by atoms with E-state index in [0.29, 0.717) is 22.6 Å². The second kappa shape index (κ2) is 13.2. The van der Waals surface area contributed by atoms with E-state index in [1.807, 2.05) is 13.8 Å². The minimum absolute atomic E-state index is 0.0669. The average molecular weight is 539 g/mol. The topological polar surface area (TPSA) is 150 Å². The van der Waals surface area contributed by atoms with Crippen molar-refractivity contribution >= 4 is 29.8 Å². The molecule has 1 heterocycles. The Hall–Kier alpha value is -3.67. The molecule has 0 bridgehead atoms. The van der Waals surface area contributed by atoms with Crippen LogP contribution in [0.5, 0.6) is 11.5 Å². The first-order valence-corrected chi connectivity index (χ1v) is 12.0. The lowest BCUT2D eigenvalue weighted by atomic mass is 9.97. The molecule has 2 rings (SSSR count). The van der Waals surface area contributed by atoms with Crippen LogP contribution < -0.4 is 9.47 Å². The van der Waals surface area contributed by atoms with Gasteiger partial charge in [-0.3, -0.25) is 24.0 Å². The second-order valence-electron chi connectivity index (χ2n) is 9.09. The van der Waals surface area contributed by atoms with E-state index in [-0.39, 0.29) is 12.5 Å². The zero-order valence-corrected chi connectivity index (χ0v) is 22.7. The van der Waals surface area contributed by atoms with Gasteiger partial charge >= 0.3 is 29.8 Å². The molecule has 0 aromatic heterocycles. The normalized spacial score (nSPS) is 22.7. The molecule has 12 nitrogen and oxygen atoms in total. The van der Waals surface area contributed by atoms with Crippen molar-refractivity contribution in [2.75, 3.05) is 6.61 Å². The summed E-state index contributed by atoms with van der Waals surface area (Å²) in [7, 11) is 0. The van der Waals surface area contributed by atoms with Gasteiger partial charge in [0.05, 0.1) is 0 Å². The molecule has 1 fully saturated rings. The monoisotopic (exact) mass is 538 g/mol. The molecular formula is C26H34O12. The number of benzene rings is 1. The Morgan fingerprint density at radius 3 is 1.82 bits per heavy atom. The summed E-state index contributed by atoms with van der Waals surface area (Å²) in [6, 6.07) is 3.28. The summed E-state index contributed by atoms with van der Waals surface area (Å²) < 4.78 is 38.8. The number of esters is 5. The van der Waals surface area contributed by atoms with Gasteiger partial charge in [-0.2, -0.15) is 0 Å². The smallest absolute Gasteiger partial charge is 0.308 e. The Morgan fingerprint density at radius 1 is 0.763 bits per heavy atom. The van der Waals surface area contributed by atoms with Crippen LogP contribution in [0.2, 0.25) is 0 Å². The SMILES string of the molecule is CC(=O)OCC1OC(Oc2cc(C(C)C)c(OC(C)=O)cc2C)C(OC(C)=O)C(OC(C)=O)C1OC(C)=O. The maximum atomic E-state index is 12.0. The van der Waals surface area contributed by atoms with Crippen molar-refractivity contribution in [2.45, 2.75) is 92.0 Å². The maximum absolute atomic E-state index is 12.0. The van der Waals surface area contributed by atoms with Gasteiger partial charge in [0.25, 0.3) is 0 Å². The minimum atomic E-state index is -1.38. The van der Waals surface area contributed by atoms with Crippen molar-refractivity contribution in [1.82, 2.24) is 0 Å². The van der Waals surface area contributed by atoms with E-state index in [1.165, 1.54) is 13.8 Å². The van der Waals surface area contributed by atoms with Crippen molar-refractivity contribution in [2.24, 2.45) is 0 Å². The first-order valence-electron chi connectivity index (χ1n) is 12.0. The van der Waals surface area contributed by atoms with Crippen LogP contribution in [-0.4, -0.2) is 67.2 Å². The third-order valence-corrected chi connectivity index (χ3v) is 5.37. The van der Waals surface area contributed by atoms with E-state index in [0.717, 1.165) is 20.8 Å². The zero-order valence-electron chi connectivity index (χ0n) is 22.7. The van der Waals surface area contributed by atoms with Gasteiger partial charge in [-0.1, -0.05) is 13.8 Å². The molecule has 0 aliphatic carbocycles. The molecule has 1 aromatic rings. The van der Waals surface area contributed by atoms with Crippen molar-refractivity contribution in [3.05, 3.63) is 23.3 Å².